The minimum Gasteiger partial charge on any atom is -0.488 e. The summed E-state index contributed by atoms with van der Waals surface area (Å²) in [6, 6.07) is 26.1. The van der Waals surface area contributed by atoms with Crippen molar-refractivity contribution in [2.45, 2.75) is 13.5 Å². The summed E-state index contributed by atoms with van der Waals surface area (Å²) < 4.78 is 6.02. The maximum absolute atomic E-state index is 13.2. The van der Waals surface area contributed by atoms with Crippen LogP contribution in [0.15, 0.2) is 78.9 Å². The Morgan fingerprint density at radius 1 is 0.862 bits per heavy atom. The van der Waals surface area contributed by atoms with Gasteiger partial charge in [0.05, 0.1) is 5.56 Å². The van der Waals surface area contributed by atoms with Crippen LogP contribution in [0.4, 0.5) is 5.69 Å². The normalized spacial score (nSPS) is 14.0. The first kappa shape index (κ1) is 19.1. The number of ether oxygens (including phenoxy) is 1. The maximum atomic E-state index is 13.2. The summed E-state index contributed by atoms with van der Waals surface area (Å²) in [5.74, 6) is 0.682. The number of carbonyl (C=O) groups excluding carboxylic acids is 1. The van der Waals surface area contributed by atoms with Crippen molar-refractivity contribution in [1.29, 1.82) is 0 Å². The van der Waals surface area contributed by atoms with Crippen LogP contribution in [-0.4, -0.2) is 37.0 Å². The third-order valence-electron chi connectivity index (χ3n) is 5.28. The van der Waals surface area contributed by atoms with Gasteiger partial charge in [0.2, 0.25) is 0 Å². The lowest BCUT2D eigenvalue weighted by Gasteiger charge is -2.36. The van der Waals surface area contributed by atoms with E-state index in [0.29, 0.717) is 31.0 Å². The topological polar surface area (TPSA) is 32.8 Å². The van der Waals surface area contributed by atoms with Crippen LogP contribution in [0.3, 0.4) is 0 Å². The van der Waals surface area contributed by atoms with E-state index >= 15 is 0 Å². The van der Waals surface area contributed by atoms with Crippen molar-refractivity contribution in [3.8, 4) is 5.75 Å². The average molecular weight is 386 g/mol. The summed E-state index contributed by atoms with van der Waals surface area (Å²) in [7, 11) is 0. The van der Waals surface area contributed by atoms with Crippen molar-refractivity contribution in [3.63, 3.8) is 0 Å². The van der Waals surface area contributed by atoms with Gasteiger partial charge in [-0.25, -0.2) is 0 Å². The number of hydrogen-bond donors (Lipinski definition) is 0. The van der Waals surface area contributed by atoms with Gasteiger partial charge in [-0.05, 0) is 36.8 Å². The molecular formula is C25H26N2O2. The zero-order valence-electron chi connectivity index (χ0n) is 16.8. The molecule has 0 saturated carbocycles. The standard InChI is InChI=1S/C25H26N2O2/c1-20-8-7-9-21(18-20)19-29-24-13-6-5-12-23(24)25(28)27-16-14-26(15-17-27)22-10-3-2-4-11-22/h2-13,18H,14-17,19H2,1H3. The summed E-state index contributed by atoms with van der Waals surface area (Å²) in [5.41, 5.74) is 4.14. The molecule has 4 heteroatoms. The van der Waals surface area contributed by atoms with Crippen LogP contribution in [-0.2, 0) is 6.61 Å². The van der Waals surface area contributed by atoms with Gasteiger partial charge in [0.25, 0.3) is 5.91 Å². The number of benzene rings is 3. The van der Waals surface area contributed by atoms with E-state index in [1.54, 1.807) is 0 Å². The molecule has 1 heterocycles. The smallest absolute Gasteiger partial charge is 0.257 e. The minimum atomic E-state index is 0.0394. The quantitative estimate of drug-likeness (QED) is 0.646. The number of piperazine rings is 1. The Bertz CT molecular complexity index is 963. The van der Waals surface area contributed by atoms with E-state index in [1.165, 1.54) is 11.3 Å². The fraction of sp³-hybridized carbons (Fsp3) is 0.240. The molecule has 3 aromatic rings. The lowest BCUT2D eigenvalue weighted by molar-refractivity contribution is 0.0742. The van der Waals surface area contributed by atoms with E-state index in [0.717, 1.165) is 18.7 Å². The van der Waals surface area contributed by atoms with Crippen molar-refractivity contribution in [1.82, 2.24) is 4.90 Å². The van der Waals surface area contributed by atoms with Crippen molar-refractivity contribution >= 4 is 11.6 Å². The zero-order valence-corrected chi connectivity index (χ0v) is 16.8. The highest BCUT2D eigenvalue weighted by Gasteiger charge is 2.24. The molecule has 1 aliphatic heterocycles. The van der Waals surface area contributed by atoms with E-state index in [2.05, 4.69) is 48.2 Å². The van der Waals surface area contributed by atoms with Gasteiger partial charge in [0.1, 0.15) is 12.4 Å². The lowest BCUT2D eigenvalue weighted by Crippen LogP contribution is -2.48. The number of carbonyl (C=O) groups is 1. The van der Waals surface area contributed by atoms with Gasteiger partial charge in [-0.2, -0.15) is 0 Å². The molecule has 4 nitrogen and oxygen atoms in total. The third kappa shape index (κ3) is 4.60. The number of para-hydroxylation sites is 2. The SMILES string of the molecule is Cc1cccc(COc2ccccc2C(=O)N2CCN(c3ccccc3)CC2)c1. The highest BCUT2D eigenvalue weighted by Crippen LogP contribution is 2.23. The van der Waals surface area contributed by atoms with Gasteiger partial charge in [-0.3, -0.25) is 4.79 Å². The van der Waals surface area contributed by atoms with Crippen LogP contribution in [0.2, 0.25) is 0 Å². The molecule has 1 amide bonds. The summed E-state index contributed by atoms with van der Waals surface area (Å²) >= 11 is 0. The second kappa shape index (κ2) is 8.82. The van der Waals surface area contributed by atoms with E-state index in [9.17, 15) is 4.79 Å². The molecule has 0 aliphatic carbocycles. The third-order valence-corrected chi connectivity index (χ3v) is 5.28. The van der Waals surface area contributed by atoms with Crippen LogP contribution in [0, 0.1) is 6.92 Å². The first-order valence-corrected chi connectivity index (χ1v) is 10.1. The fourth-order valence-corrected chi connectivity index (χ4v) is 3.71. The fourth-order valence-electron chi connectivity index (χ4n) is 3.71. The predicted octanol–water partition coefficient (Wildman–Crippen LogP) is 4.54. The first-order chi connectivity index (χ1) is 14.2. The molecule has 0 radical (unpaired) electrons. The van der Waals surface area contributed by atoms with Crippen molar-refractivity contribution in [2.75, 3.05) is 31.1 Å². The molecule has 29 heavy (non-hydrogen) atoms. The van der Waals surface area contributed by atoms with E-state index < -0.39 is 0 Å². The molecule has 0 aromatic heterocycles. The molecule has 0 atom stereocenters. The van der Waals surface area contributed by atoms with Gasteiger partial charge >= 0.3 is 0 Å². The van der Waals surface area contributed by atoms with Crippen molar-refractivity contribution in [2.24, 2.45) is 0 Å². The first-order valence-electron chi connectivity index (χ1n) is 10.1. The number of rotatable bonds is 5. The van der Waals surface area contributed by atoms with Crippen LogP contribution < -0.4 is 9.64 Å². The van der Waals surface area contributed by atoms with Crippen LogP contribution in [0.25, 0.3) is 0 Å². The van der Waals surface area contributed by atoms with E-state index in [1.807, 2.05) is 47.4 Å². The Hall–Kier alpha value is -3.27. The largest absolute Gasteiger partial charge is 0.488 e. The number of hydrogen-bond acceptors (Lipinski definition) is 3. The summed E-state index contributed by atoms with van der Waals surface area (Å²) in [6.07, 6.45) is 0. The maximum Gasteiger partial charge on any atom is 0.257 e. The van der Waals surface area contributed by atoms with Crippen molar-refractivity contribution < 1.29 is 9.53 Å². The number of nitrogens with zero attached hydrogens (tertiary/aromatic N) is 2. The molecule has 3 aromatic carbocycles. The molecular weight excluding hydrogens is 360 g/mol. The molecule has 4 rings (SSSR count). The Labute approximate surface area is 172 Å². The average Bonchev–Trinajstić information content (AvgIpc) is 2.78. The molecule has 0 N–H and O–H groups in total. The van der Waals surface area contributed by atoms with Gasteiger partial charge < -0.3 is 14.5 Å². The van der Waals surface area contributed by atoms with E-state index in [4.69, 9.17) is 4.74 Å². The zero-order chi connectivity index (χ0) is 20.1. The highest BCUT2D eigenvalue weighted by atomic mass is 16.5. The van der Waals surface area contributed by atoms with Crippen LogP contribution >= 0.6 is 0 Å². The minimum absolute atomic E-state index is 0.0394. The predicted molar refractivity (Wildman–Crippen MR) is 117 cm³/mol. The molecule has 1 fully saturated rings. The molecule has 0 unspecified atom stereocenters. The molecule has 1 aliphatic rings. The summed E-state index contributed by atoms with van der Waals surface area (Å²) in [4.78, 5) is 17.4. The van der Waals surface area contributed by atoms with E-state index in [-0.39, 0.29) is 5.91 Å². The number of amides is 1. The van der Waals surface area contributed by atoms with Gasteiger partial charge in [0, 0.05) is 31.9 Å². The molecule has 0 spiro atoms. The monoisotopic (exact) mass is 386 g/mol. The van der Waals surface area contributed by atoms with Gasteiger partial charge in [-0.15, -0.1) is 0 Å². The number of anilines is 1. The van der Waals surface area contributed by atoms with Crippen LogP contribution in [0.1, 0.15) is 21.5 Å². The second-order valence-electron chi connectivity index (χ2n) is 7.39. The molecule has 0 bridgehead atoms. The van der Waals surface area contributed by atoms with Gasteiger partial charge in [-0.1, -0.05) is 60.2 Å². The Balaban J connectivity index is 1.41. The van der Waals surface area contributed by atoms with Crippen molar-refractivity contribution in [3.05, 3.63) is 95.6 Å². The second-order valence-corrected chi connectivity index (χ2v) is 7.39. The highest BCUT2D eigenvalue weighted by molar-refractivity contribution is 5.97. The Morgan fingerprint density at radius 3 is 2.34 bits per heavy atom. The van der Waals surface area contributed by atoms with Crippen LogP contribution in [0.5, 0.6) is 5.75 Å². The Kier molecular flexibility index (Phi) is 5.80. The lowest BCUT2D eigenvalue weighted by atomic mass is 10.1. The summed E-state index contributed by atoms with van der Waals surface area (Å²) in [6.45, 7) is 5.61. The number of aryl methyl sites for hydroxylation is 1. The molecule has 148 valence electrons. The Morgan fingerprint density at radius 2 is 1.59 bits per heavy atom. The van der Waals surface area contributed by atoms with Gasteiger partial charge in [0.15, 0.2) is 0 Å². The summed E-state index contributed by atoms with van der Waals surface area (Å²) in [5, 5.41) is 0. The molecule has 1 saturated heterocycles.